The number of carbonyl (C=O) groups excluding carboxylic acids is 3. The number of ether oxygens (including phenoxy) is 1. The lowest BCUT2D eigenvalue weighted by Gasteiger charge is -2.17. The Balaban J connectivity index is 2.87. The maximum Gasteiger partial charge on any atom is 0.330 e. The highest BCUT2D eigenvalue weighted by Gasteiger charge is 2.24. The quantitative estimate of drug-likeness (QED) is 0.591. The fourth-order valence-electron chi connectivity index (χ4n) is 1.54. The molecule has 0 unspecified atom stereocenters. The van der Waals surface area contributed by atoms with Crippen LogP contribution in [0, 0.1) is 0 Å². The molecule has 0 spiro atoms. The molecule has 22 heavy (non-hydrogen) atoms. The van der Waals surface area contributed by atoms with Crippen molar-refractivity contribution in [3.05, 3.63) is 33.8 Å². The number of nitrogens with one attached hydrogen (secondary N) is 2. The molecular weight excluding hydrogens is 355 g/mol. The van der Waals surface area contributed by atoms with Crippen LogP contribution in [0.1, 0.15) is 10.4 Å². The van der Waals surface area contributed by atoms with Crippen molar-refractivity contribution in [3.63, 3.8) is 0 Å². The Morgan fingerprint density at radius 2 is 1.82 bits per heavy atom. The lowest BCUT2D eigenvalue weighted by Crippen LogP contribution is -2.49. The number of esters is 1. The van der Waals surface area contributed by atoms with Crippen LogP contribution in [-0.4, -0.2) is 43.4 Å². The van der Waals surface area contributed by atoms with Gasteiger partial charge in [-0.15, -0.1) is 11.6 Å². The van der Waals surface area contributed by atoms with Gasteiger partial charge in [0.15, 0.2) is 0 Å². The summed E-state index contributed by atoms with van der Waals surface area (Å²) >= 11 is 17.2. The zero-order valence-electron chi connectivity index (χ0n) is 11.5. The van der Waals surface area contributed by atoms with Gasteiger partial charge in [0.1, 0.15) is 11.9 Å². The van der Waals surface area contributed by atoms with Crippen LogP contribution in [0.3, 0.4) is 0 Å². The molecule has 1 atom stereocenters. The van der Waals surface area contributed by atoms with E-state index in [1.807, 2.05) is 0 Å². The van der Waals surface area contributed by atoms with Crippen LogP contribution in [0.15, 0.2) is 18.2 Å². The molecule has 0 heterocycles. The van der Waals surface area contributed by atoms with E-state index < -0.39 is 23.8 Å². The summed E-state index contributed by atoms with van der Waals surface area (Å²) in [6.45, 7) is -0.175. The third-order valence-electron chi connectivity index (χ3n) is 2.61. The Kier molecular flexibility index (Phi) is 7.44. The maximum absolute atomic E-state index is 12.2. The summed E-state index contributed by atoms with van der Waals surface area (Å²) in [5, 5.41) is 5.06. The Hall–Kier alpha value is -1.50. The molecule has 1 rings (SSSR count). The van der Waals surface area contributed by atoms with Gasteiger partial charge in [-0.1, -0.05) is 29.3 Å². The zero-order chi connectivity index (χ0) is 16.7. The molecule has 0 saturated carbocycles. The predicted molar refractivity (Wildman–Crippen MR) is 83.5 cm³/mol. The van der Waals surface area contributed by atoms with E-state index in [1.165, 1.54) is 12.1 Å². The van der Waals surface area contributed by atoms with E-state index in [1.54, 1.807) is 6.07 Å². The van der Waals surface area contributed by atoms with Crippen molar-refractivity contribution in [1.82, 2.24) is 10.6 Å². The monoisotopic (exact) mass is 366 g/mol. The van der Waals surface area contributed by atoms with Gasteiger partial charge in [-0.2, -0.15) is 0 Å². The topological polar surface area (TPSA) is 84.5 Å². The molecule has 1 aromatic carbocycles. The lowest BCUT2D eigenvalue weighted by atomic mass is 10.2. The predicted octanol–water partition coefficient (Wildman–Crippen LogP) is 1.62. The minimum atomic E-state index is -1.10. The number of alkyl halides is 1. The molecule has 0 aliphatic rings. The van der Waals surface area contributed by atoms with Gasteiger partial charge in [0.25, 0.3) is 5.91 Å². The molecule has 0 saturated heterocycles. The summed E-state index contributed by atoms with van der Waals surface area (Å²) in [6, 6.07) is 3.46. The van der Waals surface area contributed by atoms with Gasteiger partial charge < -0.3 is 15.4 Å². The minimum Gasteiger partial charge on any atom is -0.467 e. The molecule has 0 fully saturated rings. The van der Waals surface area contributed by atoms with Crippen LogP contribution in [-0.2, 0) is 14.3 Å². The summed E-state index contributed by atoms with van der Waals surface area (Å²) in [7, 11) is 1.16. The second-order valence-corrected chi connectivity index (χ2v) is 5.17. The number of rotatable bonds is 6. The van der Waals surface area contributed by atoms with E-state index in [0.717, 1.165) is 7.11 Å². The summed E-state index contributed by atoms with van der Waals surface area (Å²) in [6.07, 6.45) is 0. The Labute approximate surface area is 142 Å². The first-order chi connectivity index (χ1) is 10.4. The lowest BCUT2D eigenvalue weighted by molar-refractivity contribution is -0.142. The number of carbonyl (C=O) groups is 3. The van der Waals surface area contributed by atoms with Gasteiger partial charge in [-0.25, -0.2) is 4.79 Å². The third kappa shape index (κ3) is 5.05. The standard InChI is InChI=1S/C13H13Cl3N2O4/c1-22-13(21)9(6-17-10(19)5-14)18-12(20)11-7(15)3-2-4-8(11)16/h2-4,9H,5-6H2,1H3,(H,17,19)(H,18,20)/t9-/m0/s1. The van der Waals surface area contributed by atoms with E-state index in [0.29, 0.717) is 0 Å². The molecule has 0 bridgehead atoms. The van der Waals surface area contributed by atoms with E-state index in [9.17, 15) is 14.4 Å². The highest BCUT2D eigenvalue weighted by molar-refractivity contribution is 6.39. The van der Waals surface area contributed by atoms with Gasteiger partial charge in [-0.3, -0.25) is 9.59 Å². The molecular formula is C13H13Cl3N2O4. The Bertz CT molecular complexity index is 560. The molecule has 120 valence electrons. The number of hydrogen-bond acceptors (Lipinski definition) is 4. The first-order valence-electron chi connectivity index (χ1n) is 6.06. The van der Waals surface area contributed by atoms with Crippen LogP contribution in [0.5, 0.6) is 0 Å². The molecule has 0 aliphatic carbocycles. The number of methoxy groups -OCH3 is 1. The number of benzene rings is 1. The highest BCUT2D eigenvalue weighted by Crippen LogP contribution is 2.24. The summed E-state index contributed by atoms with van der Waals surface area (Å²) in [4.78, 5) is 35.0. The fraction of sp³-hybridized carbons (Fsp3) is 0.308. The summed E-state index contributed by atoms with van der Waals surface area (Å²) < 4.78 is 4.57. The van der Waals surface area contributed by atoms with Gasteiger partial charge >= 0.3 is 5.97 Å². The van der Waals surface area contributed by atoms with Crippen LogP contribution < -0.4 is 10.6 Å². The van der Waals surface area contributed by atoms with Gasteiger partial charge in [0.05, 0.1) is 22.7 Å². The molecule has 1 aromatic rings. The second-order valence-electron chi connectivity index (χ2n) is 4.08. The molecule has 6 nitrogen and oxygen atoms in total. The summed E-state index contributed by atoms with van der Waals surface area (Å²) in [5.74, 6) is -2.14. The van der Waals surface area contributed by atoms with Crippen LogP contribution in [0.25, 0.3) is 0 Å². The largest absolute Gasteiger partial charge is 0.467 e. The average molecular weight is 368 g/mol. The van der Waals surface area contributed by atoms with Crippen LogP contribution in [0.4, 0.5) is 0 Å². The van der Waals surface area contributed by atoms with Gasteiger partial charge in [0.2, 0.25) is 5.91 Å². The third-order valence-corrected chi connectivity index (χ3v) is 3.48. The van der Waals surface area contributed by atoms with E-state index in [4.69, 9.17) is 34.8 Å². The van der Waals surface area contributed by atoms with Crippen LogP contribution in [0.2, 0.25) is 10.0 Å². The highest BCUT2D eigenvalue weighted by atomic mass is 35.5. The van der Waals surface area contributed by atoms with Crippen molar-refractivity contribution < 1.29 is 19.1 Å². The van der Waals surface area contributed by atoms with Gasteiger partial charge in [0, 0.05) is 6.54 Å². The Morgan fingerprint density at radius 3 is 2.32 bits per heavy atom. The van der Waals surface area contributed by atoms with Crippen molar-refractivity contribution in [2.24, 2.45) is 0 Å². The second kappa shape index (κ2) is 8.82. The van der Waals surface area contributed by atoms with Crippen molar-refractivity contribution in [2.45, 2.75) is 6.04 Å². The molecule has 0 aromatic heterocycles. The average Bonchev–Trinajstić information content (AvgIpc) is 2.49. The Morgan fingerprint density at radius 1 is 1.23 bits per heavy atom. The summed E-state index contributed by atoms with van der Waals surface area (Å²) in [5.41, 5.74) is 0.0309. The van der Waals surface area contributed by atoms with E-state index in [2.05, 4.69) is 15.4 Å². The normalized spacial score (nSPS) is 11.5. The van der Waals surface area contributed by atoms with E-state index in [-0.39, 0.29) is 28.0 Å². The number of amides is 2. The van der Waals surface area contributed by atoms with Crippen molar-refractivity contribution in [2.75, 3.05) is 19.5 Å². The number of hydrogen-bond donors (Lipinski definition) is 2. The molecule has 0 radical (unpaired) electrons. The van der Waals surface area contributed by atoms with Crippen molar-refractivity contribution in [1.29, 1.82) is 0 Å². The van der Waals surface area contributed by atoms with Crippen molar-refractivity contribution >= 4 is 52.6 Å². The molecule has 2 amide bonds. The van der Waals surface area contributed by atoms with Crippen molar-refractivity contribution in [3.8, 4) is 0 Å². The van der Waals surface area contributed by atoms with E-state index >= 15 is 0 Å². The smallest absolute Gasteiger partial charge is 0.330 e. The molecule has 9 heteroatoms. The molecule has 2 N–H and O–H groups in total. The maximum atomic E-state index is 12.2. The zero-order valence-corrected chi connectivity index (χ0v) is 13.8. The first kappa shape index (κ1) is 18.5. The SMILES string of the molecule is COC(=O)[C@H](CNC(=O)CCl)NC(=O)c1c(Cl)cccc1Cl. The fourth-order valence-corrected chi connectivity index (χ4v) is 2.21. The van der Waals surface area contributed by atoms with Crippen LogP contribution >= 0.6 is 34.8 Å². The minimum absolute atomic E-state index is 0.0309. The first-order valence-corrected chi connectivity index (χ1v) is 7.35. The number of halogens is 3. The molecule has 0 aliphatic heterocycles. The van der Waals surface area contributed by atoms with Gasteiger partial charge in [-0.05, 0) is 12.1 Å².